The molecule has 8 heteroatoms. The van der Waals surface area contributed by atoms with Gasteiger partial charge in [-0.1, -0.05) is 6.42 Å². The smallest absolute Gasteiger partial charge is 0.326 e. The summed E-state index contributed by atoms with van der Waals surface area (Å²) in [7, 11) is 0. The van der Waals surface area contributed by atoms with Crippen LogP contribution in [0.5, 0.6) is 0 Å². The first kappa shape index (κ1) is 12.9. The molecule has 2 aliphatic rings. The number of amides is 2. The molecular formula is C12H17N5O3. The molecule has 2 amide bonds. The molecule has 2 heterocycles. The van der Waals surface area contributed by atoms with Crippen LogP contribution in [-0.2, 0) is 11.3 Å². The quantitative estimate of drug-likeness (QED) is 0.732. The van der Waals surface area contributed by atoms with Gasteiger partial charge in [-0.3, -0.25) is 5.10 Å². The second kappa shape index (κ2) is 5.10. The van der Waals surface area contributed by atoms with Gasteiger partial charge in [-0.2, -0.15) is 5.10 Å². The lowest BCUT2D eigenvalue weighted by atomic mass is 9.94. The summed E-state index contributed by atoms with van der Waals surface area (Å²) in [5.41, 5.74) is 0. The van der Waals surface area contributed by atoms with Crippen LogP contribution >= 0.6 is 0 Å². The molecule has 1 aromatic heterocycles. The van der Waals surface area contributed by atoms with Gasteiger partial charge < -0.3 is 15.3 Å². The van der Waals surface area contributed by atoms with Gasteiger partial charge >= 0.3 is 12.0 Å². The first-order chi connectivity index (χ1) is 9.66. The molecule has 0 bridgehead atoms. The van der Waals surface area contributed by atoms with Crippen molar-refractivity contribution in [2.75, 3.05) is 6.54 Å². The number of urea groups is 1. The number of H-pyrrole nitrogens is 1. The Balaban J connectivity index is 1.65. The lowest BCUT2D eigenvalue weighted by Gasteiger charge is -2.24. The molecule has 1 aromatic rings. The Morgan fingerprint density at radius 2 is 2.35 bits per heavy atom. The lowest BCUT2D eigenvalue weighted by Crippen LogP contribution is -2.47. The van der Waals surface area contributed by atoms with E-state index in [0.717, 1.165) is 19.3 Å². The Morgan fingerprint density at radius 3 is 3.05 bits per heavy atom. The number of carbonyl (C=O) groups is 2. The largest absolute Gasteiger partial charge is 0.480 e. The number of fused-ring (bicyclic) bond motifs is 1. The third-order valence-electron chi connectivity index (χ3n) is 4.28. The van der Waals surface area contributed by atoms with E-state index in [1.165, 1.54) is 11.2 Å². The minimum Gasteiger partial charge on any atom is -0.480 e. The van der Waals surface area contributed by atoms with Gasteiger partial charge in [-0.15, -0.1) is 0 Å². The molecule has 8 nitrogen and oxygen atoms in total. The molecule has 20 heavy (non-hydrogen) atoms. The highest BCUT2D eigenvalue weighted by molar-refractivity contribution is 5.83. The summed E-state index contributed by atoms with van der Waals surface area (Å²) < 4.78 is 0. The molecule has 3 N–H and O–H groups in total. The van der Waals surface area contributed by atoms with Crippen LogP contribution in [0.4, 0.5) is 4.79 Å². The molecule has 0 spiro atoms. The number of aromatic amines is 1. The van der Waals surface area contributed by atoms with E-state index in [-0.39, 0.29) is 18.5 Å². The molecule has 0 aromatic carbocycles. The molecule has 1 aliphatic carbocycles. The standard InChI is InChI=1S/C12H17N5O3/c18-11(19)10-8-3-1-2-7(8)5-17(10)12(20)13-4-9-14-6-15-16-9/h6-8,10H,1-5H2,(H,13,20)(H,18,19)(H,14,15,16). The van der Waals surface area contributed by atoms with Crippen LogP contribution in [0.15, 0.2) is 6.33 Å². The number of carboxylic acids is 1. The van der Waals surface area contributed by atoms with Gasteiger partial charge in [0.1, 0.15) is 18.2 Å². The maximum Gasteiger partial charge on any atom is 0.326 e. The minimum absolute atomic E-state index is 0.100. The molecule has 3 atom stereocenters. The van der Waals surface area contributed by atoms with Crippen molar-refractivity contribution < 1.29 is 14.7 Å². The number of nitrogens with zero attached hydrogens (tertiary/aromatic N) is 3. The zero-order chi connectivity index (χ0) is 14.1. The number of rotatable bonds is 3. The zero-order valence-corrected chi connectivity index (χ0v) is 11.0. The van der Waals surface area contributed by atoms with E-state index in [0.29, 0.717) is 18.3 Å². The van der Waals surface area contributed by atoms with Crippen molar-refractivity contribution in [3.05, 3.63) is 12.2 Å². The maximum absolute atomic E-state index is 12.2. The maximum atomic E-state index is 12.2. The first-order valence-corrected chi connectivity index (χ1v) is 6.78. The average Bonchev–Trinajstić information content (AvgIpc) is 3.10. The summed E-state index contributed by atoms with van der Waals surface area (Å²) in [5.74, 6) is 0.0643. The fraction of sp³-hybridized carbons (Fsp3) is 0.667. The number of aromatic nitrogens is 3. The molecule has 0 radical (unpaired) electrons. The van der Waals surface area contributed by atoms with E-state index in [9.17, 15) is 14.7 Å². The van der Waals surface area contributed by atoms with Crippen LogP contribution in [0, 0.1) is 11.8 Å². The van der Waals surface area contributed by atoms with Crippen molar-refractivity contribution >= 4 is 12.0 Å². The summed E-state index contributed by atoms with van der Waals surface area (Å²) in [4.78, 5) is 29.0. The van der Waals surface area contributed by atoms with Crippen molar-refractivity contribution in [3.8, 4) is 0 Å². The second-order valence-electron chi connectivity index (χ2n) is 5.38. The molecule has 1 aliphatic heterocycles. The van der Waals surface area contributed by atoms with Crippen molar-refractivity contribution in [1.29, 1.82) is 0 Å². The lowest BCUT2D eigenvalue weighted by molar-refractivity contribution is -0.142. The third kappa shape index (κ3) is 2.21. The van der Waals surface area contributed by atoms with Gasteiger partial charge in [0, 0.05) is 6.54 Å². The van der Waals surface area contributed by atoms with Crippen LogP contribution in [0.1, 0.15) is 25.1 Å². The monoisotopic (exact) mass is 279 g/mol. The molecular weight excluding hydrogens is 262 g/mol. The van der Waals surface area contributed by atoms with Gasteiger partial charge in [0.05, 0.1) is 6.54 Å². The molecule has 3 unspecified atom stereocenters. The van der Waals surface area contributed by atoms with E-state index < -0.39 is 12.0 Å². The fourth-order valence-electron chi connectivity index (χ4n) is 3.41. The molecule has 1 saturated carbocycles. The summed E-state index contributed by atoms with van der Waals surface area (Å²) in [6.07, 6.45) is 4.34. The van der Waals surface area contributed by atoms with Gasteiger partial charge in [0.25, 0.3) is 0 Å². The van der Waals surface area contributed by atoms with E-state index in [1.54, 1.807) is 0 Å². The van der Waals surface area contributed by atoms with Crippen LogP contribution in [-0.4, -0.2) is 49.8 Å². The zero-order valence-electron chi connectivity index (χ0n) is 11.0. The fourth-order valence-corrected chi connectivity index (χ4v) is 3.41. The highest BCUT2D eigenvalue weighted by Gasteiger charge is 2.49. The number of carbonyl (C=O) groups excluding carboxylic acids is 1. The first-order valence-electron chi connectivity index (χ1n) is 6.78. The highest BCUT2D eigenvalue weighted by Crippen LogP contribution is 2.42. The summed E-state index contributed by atoms with van der Waals surface area (Å²) in [6.45, 7) is 0.751. The van der Waals surface area contributed by atoms with Crippen molar-refractivity contribution in [2.45, 2.75) is 31.8 Å². The van der Waals surface area contributed by atoms with Gasteiger partial charge in [-0.05, 0) is 24.7 Å². The Morgan fingerprint density at radius 1 is 1.50 bits per heavy atom. The second-order valence-corrected chi connectivity index (χ2v) is 5.38. The van der Waals surface area contributed by atoms with E-state index in [1.807, 2.05) is 0 Å². The highest BCUT2D eigenvalue weighted by atomic mass is 16.4. The van der Waals surface area contributed by atoms with E-state index >= 15 is 0 Å². The predicted octanol–water partition coefficient (Wildman–Crippen LogP) is 0.199. The van der Waals surface area contributed by atoms with Crippen LogP contribution in [0.25, 0.3) is 0 Å². The number of nitrogens with one attached hydrogen (secondary N) is 2. The average molecular weight is 279 g/mol. The summed E-state index contributed by atoms with van der Waals surface area (Å²) in [5, 5.41) is 18.4. The SMILES string of the molecule is O=C(O)C1C2CCCC2CN1C(=O)NCc1ncn[nH]1. The topological polar surface area (TPSA) is 111 Å². The molecule has 108 valence electrons. The van der Waals surface area contributed by atoms with Crippen molar-refractivity contribution in [2.24, 2.45) is 11.8 Å². The number of aliphatic carboxylic acids is 1. The number of hydrogen-bond acceptors (Lipinski definition) is 4. The van der Waals surface area contributed by atoms with Crippen molar-refractivity contribution in [1.82, 2.24) is 25.4 Å². The predicted molar refractivity (Wildman–Crippen MR) is 67.6 cm³/mol. The molecule has 2 fully saturated rings. The molecule has 1 saturated heterocycles. The van der Waals surface area contributed by atoms with E-state index in [4.69, 9.17) is 0 Å². The Hall–Kier alpha value is -2.12. The third-order valence-corrected chi connectivity index (χ3v) is 4.28. The molecule has 3 rings (SSSR count). The Bertz CT molecular complexity index is 503. The van der Waals surface area contributed by atoms with Crippen LogP contribution in [0.3, 0.4) is 0 Å². The normalized spacial score (nSPS) is 28.4. The Labute approximate surface area is 115 Å². The van der Waals surface area contributed by atoms with Crippen LogP contribution in [0.2, 0.25) is 0 Å². The summed E-state index contributed by atoms with van der Waals surface area (Å²) in [6, 6.07) is -1.04. The Kier molecular flexibility index (Phi) is 3.29. The number of carboxylic acid groups (broad SMARTS) is 1. The number of hydrogen-bond donors (Lipinski definition) is 3. The van der Waals surface area contributed by atoms with E-state index in [2.05, 4.69) is 20.5 Å². The number of likely N-dealkylation sites (tertiary alicyclic amines) is 1. The van der Waals surface area contributed by atoms with Crippen molar-refractivity contribution in [3.63, 3.8) is 0 Å². The van der Waals surface area contributed by atoms with Gasteiger partial charge in [0.2, 0.25) is 0 Å². The van der Waals surface area contributed by atoms with Gasteiger partial charge in [-0.25, -0.2) is 14.6 Å². The minimum atomic E-state index is -0.908. The summed E-state index contributed by atoms with van der Waals surface area (Å²) >= 11 is 0. The van der Waals surface area contributed by atoms with Gasteiger partial charge in [0.15, 0.2) is 0 Å². The van der Waals surface area contributed by atoms with Crippen LogP contribution < -0.4 is 5.32 Å².